The highest BCUT2D eigenvalue weighted by Gasteiger charge is 2.38. The first-order valence-electron chi connectivity index (χ1n) is 6.98. The average Bonchev–Trinajstić information content (AvgIpc) is 2.94. The lowest BCUT2D eigenvalue weighted by molar-refractivity contribution is -0.127. The Kier molecular flexibility index (Phi) is 5.28. The molecule has 1 amide bonds. The van der Waals surface area contributed by atoms with E-state index in [-0.39, 0.29) is 11.4 Å². The Morgan fingerprint density at radius 1 is 1.42 bits per heavy atom. The van der Waals surface area contributed by atoms with Gasteiger partial charge in [0, 0.05) is 17.2 Å². The van der Waals surface area contributed by atoms with Gasteiger partial charge in [0.1, 0.15) is 0 Å². The molecule has 0 aromatic heterocycles. The number of nitrogens with one attached hydrogen (secondary N) is 2. The largest absolute Gasteiger partial charge is 0.354 e. The SMILES string of the molecule is CCC1(C(=O)NCCSc2ccccc2)CCCN1. The maximum absolute atomic E-state index is 12.2. The normalized spacial score (nSPS) is 22.4. The van der Waals surface area contributed by atoms with Crippen LogP contribution in [-0.2, 0) is 4.79 Å². The maximum Gasteiger partial charge on any atom is 0.240 e. The van der Waals surface area contributed by atoms with Crippen molar-refractivity contribution in [2.24, 2.45) is 0 Å². The molecule has 0 bridgehead atoms. The van der Waals surface area contributed by atoms with Crippen LogP contribution in [0.4, 0.5) is 0 Å². The van der Waals surface area contributed by atoms with Crippen molar-refractivity contribution >= 4 is 17.7 Å². The number of carbonyl (C=O) groups is 1. The number of rotatable bonds is 6. The molecule has 1 aliphatic rings. The predicted molar refractivity (Wildman–Crippen MR) is 80.4 cm³/mol. The van der Waals surface area contributed by atoms with E-state index in [1.807, 2.05) is 18.2 Å². The summed E-state index contributed by atoms with van der Waals surface area (Å²) in [5, 5.41) is 6.42. The van der Waals surface area contributed by atoms with Crippen molar-refractivity contribution in [2.45, 2.75) is 36.6 Å². The Balaban J connectivity index is 1.72. The standard InChI is InChI=1S/C15H22N2OS/c1-2-15(9-6-10-17-15)14(18)16-11-12-19-13-7-4-3-5-8-13/h3-5,7-8,17H,2,6,9-12H2,1H3,(H,16,18). The first-order valence-corrected chi connectivity index (χ1v) is 7.96. The van der Waals surface area contributed by atoms with Crippen LogP contribution in [0.1, 0.15) is 26.2 Å². The zero-order valence-corrected chi connectivity index (χ0v) is 12.3. The van der Waals surface area contributed by atoms with Gasteiger partial charge < -0.3 is 10.6 Å². The second-order valence-electron chi connectivity index (χ2n) is 4.88. The zero-order chi connectivity index (χ0) is 13.6. The molecule has 0 saturated carbocycles. The molecule has 3 nitrogen and oxygen atoms in total. The van der Waals surface area contributed by atoms with Crippen LogP contribution >= 0.6 is 11.8 Å². The summed E-state index contributed by atoms with van der Waals surface area (Å²) in [6.45, 7) is 3.76. The van der Waals surface area contributed by atoms with Crippen LogP contribution in [0.2, 0.25) is 0 Å². The fourth-order valence-electron chi connectivity index (χ4n) is 2.48. The van der Waals surface area contributed by atoms with Crippen molar-refractivity contribution in [2.75, 3.05) is 18.8 Å². The lowest BCUT2D eigenvalue weighted by atomic mass is 9.93. The van der Waals surface area contributed by atoms with Crippen LogP contribution in [0, 0.1) is 0 Å². The molecule has 1 saturated heterocycles. The highest BCUT2D eigenvalue weighted by Crippen LogP contribution is 2.23. The van der Waals surface area contributed by atoms with Gasteiger partial charge in [-0.3, -0.25) is 4.79 Å². The van der Waals surface area contributed by atoms with E-state index in [2.05, 4.69) is 29.7 Å². The van der Waals surface area contributed by atoms with Gasteiger partial charge in [0.2, 0.25) is 5.91 Å². The highest BCUT2D eigenvalue weighted by atomic mass is 32.2. The molecule has 1 fully saturated rings. The van der Waals surface area contributed by atoms with Crippen LogP contribution in [0.3, 0.4) is 0 Å². The third-order valence-electron chi connectivity index (χ3n) is 3.68. The monoisotopic (exact) mass is 278 g/mol. The number of hydrogen-bond donors (Lipinski definition) is 2. The Hall–Kier alpha value is -1.00. The first kappa shape index (κ1) is 14.4. The predicted octanol–water partition coefficient (Wildman–Crippen LogP) is 2.43. The average molecular weight is 278 g/mol. The van der Waals surface area contributed by atoms with Gasteiger partial charge in [-0.1, -0.05) is 25.1 Å². The summed E-state index contributed by atoms with van der Waals surface area (Å²) in [7, 11) is 0. The van der Waals surface area contributed by atoms with Gasteiger partial charge in [0.25, 0.3) is 0 Å². The Morgan fingerprint density at radius 2 is 2.21 bits per heavy atom. The molecule has 0 spiro atoms. The topological polar surface area (TPSA) is 41.1 Å². The Bertz CT molecular complexity index is 402. The summed E-state index contributed by atoms with van der Waals surface area (Å²) >= 11 is 1.78. The second kappa shape index (κ2) is 6.96. The molecule has 1 aliphatic heterocycles. The number of benzene rings is 1. The second-order valence-corrected chi connectivity index (χ2v) is 6.05. The van der Waals surface area contributed by atoms with Gasteiger partial charge in [0.15, 0.2) is 0 Å². The van der Waals surface area contributed by atoms with Crippen LogP contribution in [0.15, 0.2) is 35.2 Å². The van der Waals surface area contributed by atoms with E-state index in [4.69, 9.17) is 0 Å². The first-order chi connectivity index (χ1) is 9.27. The number of amides is 1. The molecule has 1 unspecified atom stereocenters. The summed E-state index contributed by atoms with van der Waals surface area (Å²) in [6.07, 6.45) is 2.92. The Morgan fingerprint density at radius 3 is 2.84 bits per heavy atom. The molecular weight excluding hydrogens is 256 g/mol. The maximum atomic E-state index is 12.2. The molecule has 104 valence electrons. The highest BCUT2D eigenvalue weighted by molar-refractivity contribution is 7.99. The van der Waals surface area contributed by atoms with E-state index in [0.29, 0.717) is 0 Å². The van der Waals surface area contributed by atoms with E-state index >= 15 is 0 Å². The van der Waals surface area contributed by atoms with E-state index in [1.165, 1.54) is 4.90 Å². The molecule has 1 aromatic rings. The molecule has 2 N–H and O–H groups in total. The van der Waals surface area contributed by atoms with Gasteiger partial charge in [-0.25, -0.2) is 0 Å². The van der Waals surface area contributed by atoms with Crippen molar-refractivity contribution in [3.63, 3.8) is 0 Å². The van der Waals surface area contributed by atoms with Gasteiger partial charge >= 0.3 is 0 Å². The number of hydrogen-bond acceptors (Lipinski definition) is 3. The Labute approximate surface area is 119 Å². The number of thioether (sulfide) groups is 1. The van der Waals surface area contributed by atoms with Crippen molar-refractivity contribution in [1.82, 2.24) is 10.6 Å². The summed E-state index contributed by atoms with van der Waals surface area (Å²) in [6, 6.07) is 10.3. The minimum atomic E-state index is -0.308. The number of carbonyl (C=O) groups excluding carboxylic acids is 1. The molecule has 1 aromatic carbocycles. The fraction of sp³-hybridized carbons (Fsp3) is 0.533. The lowest BCUT2D eigenvalue weighted by Crippen LogP contribution is -2.53. The minimum Gasteiger partial charge on any atom is -0.354 e. The van der Waals surface area contributed by atoms with Gasteiger partial charge in [-0.15, -0.1) is 11.8 Å². The minimum absolute atomic E-state index is 0.168. The third kappa shape index (κ3) is 3.74. The quantitative estimate of drug-likeness (QED) is 0.620. The zero-order valence-electron chi connectivity index (χ0n) is 11.4. The smallest absolute Gasteiger partial charge is 0.240 e. The van der Waals surface area contributed by atoms with E-state index in [0.717, 1.165) is 38.1 Å². The summed E-state index contributed by atoms with van der Waals surface area (Å²) in [5.74, 6) is 1.08. The summed E-state index contributed by atoms with van der Waals surface area (Å²) < 4.78 is 0. The van der Waals surface area contributed by atoms with Crippen molar-refractivity contribution in [1.29, 1.82) is 0 Å². The van der Waals surface area contributed by atoms with Crippen molar-refractivity contribution < 1.29 is 4.79 Å². The van der Waals surface area contributed by atoms with E-state index in [9.17, 15) is 4.79 Å². The van der Waals surface area contributed by atoms with Crippen LogP contribution in [0.5, 0.6) is 0 Å². The molecule has 1 heterocycles. The molecule has 19 heavy (non-hydrogen) atoms. The van der Waals surface area contributed by atoms with Gasteiger partial charge in [0.05, 0.1) is 5.54 Å². The molecule has 4 heteroatoms. The van der Waals surface area contributed by atoms with Crippen molar-refractivity contribution in [3.05, 3.63) is 30.3 Å². The summed E-state index contributed by atoms with van der Waals surface area (Å²) in [5.41, 5.74) is -0.308. The molecule has 1 atom stereocenters. The van der Waals surface area contributed by atoms with Crippen LogP contribution in [-0.4, -0.2) is 30.3 Å². The lowest BCUT2D eigenvalue weighted by Gasteiger charge is -2.26. The molecule has 0 aliphatic carbocycles. The van der Waals surface area contributed by atoms with Gasteiger partial charge in [-0.05, 0) is 37.9 Å². The summed E-state index contributed by atoms with van der Waals surface area (Å²) in [4.78, 5) is 13.5. The van der Waals surface area contributed by atoms with Crippen LogP contribution < -0.4 is 10.6 Å². The van der Waals surface area contributed by atoms with E-state index < -0.39 is 0 Å². The fourth-order valence-corrected chi connectivity index (χ4v) is 3.27. The van der Waals surface area contributed by atoms with Gasteiger partial charge in [-0.2, -0.15) is 0 Å². The molecule has 2 rings (SSSR count). The molecule has 0 radical (unpaired) electrons. The van der Waals surface area contributed by atoms with E-state index in [1.54, 1.807) is 11.8 Å². The third-order valence-corrected chi connectivity index (χ3v) is 4.70. The molecular formula is C15H22N2OS. The van der Waals surface area contributed by atoms with Crippen molar-refractivity contribution in [3.8, 4) is 0 Å². The van der Waals surface area contributed by atoms with Crippen LogP contribution in [0.25, 0.3) is 0 Å².